The van der Waals surface area contributed by atoms with Crippen LogP contribution >= 0.6 is 23.2 Å². The van der Waals surface area contributed by atoms with Gasteiger partial charge in [-0.1, -0.05) is 43.5 Å². The van der Waals surface area contributed by atoms with E-state index in [0.717, 1.165) is 13.0 Å². The monoisotopic (exact) mass is 317 g/mol. The maximum Gasteiger partial charge on any atom is 0.220 e. The van der Waals surface area contributed by atoms with Gasteiger partial charge in [0.05, 0.1) is 11.6 Å². The van der Waals surface area contributed by atoms with Crippen molar-refractivity contribution in [2.24, 2.45) is 5.92 Å². The molecule has 0 aliphatic carbocycles. The second-order valence-electron chi connectivity index (χ2n) is 4.84. The Morgan fingerprint density at radius 1 is 1.40 bits per heavy atom. The molecule has 0 radical (unpaired) electrons. The van der Waals surface area contributed by atoms with Gasteiger partial charge >= 0.3 is 0 Å². The molecular formula is C15H21Cl2NO2. The Bertz CT molecular complexity index is 438. The lowest BCUT2D eigenvalue weighted by Gasteiger charge is -2.11. The van der Waals surface area contributed by atoms with E-state index in [-0.39, 0.29) is 5.91 Å². The van der Waals surface area contributed by atoms with Gasteiger partial charge < -0.3 is 10.1 Å². The lowest BCUT2D eigenvalue weighted by atomic mass is 10.1. The van der Waals surface area contributed by atoms with E-state index >= 15 is 0 Å². The first-order chi connectivity index (χ1) is 9.52. The van der Waals surface area contributed by atoms with Crippen LogP contribution in [0.25, 0.3) is 0 Å². The van der Waals surface area contributed by atoms with Crippen molar-refractivity contribution in [2.75, 3.05) is 13.2 Å². The summed E-state index contributed by atoms with van der Waals surface area (Å²) >= 11 is 11.8. The second-order valence-corrected chi connectivity index (χ2v) is 5.69. The van der Waals surface area contributed by atoms with Gasteiger partial charge in [-0.2, -0.15) is 0 Å². The van der Waals surface area contributed by atoms with Crippen molar-refractivity contribution in [3.63, 3.8) is 0 Å². The summed E-state index contributed by atoms with van der Waals surface area (Å²) in [5.74, 6) is 1.18. The van der Waals surface area contributed by atoms with E-state index in [1.54, 1.807) is 18.2 Å². The van der Waals surface area contributed by atoms with Gasteiger partial charge in [0.1, 0.15) is 5.75 Å². The average molecular weight is 318 g/mol. The summed E-state index contributed by atoms with van der Waals surface area (Å²) in [4.78, 5) is 11.6. The van der Waals surface area contributed by atoms with Crippen LogP contribution in [0.15, 0.2) is 18.2 Å². The highest BCUT2D eigenvalue weighted by molar-refractivity contribution is 6.35. The summed E-state index contributed by atoms with van der Waals surface area (Å²) in [5.41, 5.74) is 0. The molecule has 20 heavy (non-hydrogen) atoms. The first-order valence-electron chi connectivity index (χ1n) is 6.87. The number of hydrogen-bond acceptors (Lipinski definition) is 2. The van der Waals surface area contributed by atoms with E-state index < -0.39 is 0 Å². The Balaban J connectivity index is 2.19. The lowest BCUT2D eigenvalue weighted by Crippen LogP contribution is -2.28. The summed E-state index contributed by atoms with van der Waals surface area (Å²) < 4.78 is 5.52. The van der Waals surface area contributed by atoms with Crippen LogP contribution in [0.3, 0.4) is 0 Å². The number of nitrogens with one attached hydrogen (secondary N) is 1. The Morgan fingerprint density at radius 2 is 2.15 bits per heavy atom. The van der Waals surface area contributed by atoms with Crippen LogP contribution < -0.4 is 10.1 Å². The quantitative estimate of drug-likeness (QED) is 0.725. The predicted octanol–water partition coefficient (Wildman–Crippen LogP) is 4.31. The molecule has 1 N–H and O–H groups in total. The van der Waals surface area contributed by atoms with E-state index in [0.29, 0.717) is 41.2 Å². The summed E-state index contributed by atoms with van der Waals surface area (Å²) in [6.07, 6.45) is 2.19. The van der Waals surface area contributed by atoms with E-state index in [1.807, 2.05) is 0 Å². The summed E-state index contributed by atoms with van der Waals surface area (Å²) in [7, 11) is 0. The van der Waals surface area contributed by atoms with Gasteiger partial charge in [-0.25, -0.2) is 0 Å². The molecule has 1 aromatic rings. The van der Waals surface area contributed by atoms with E-state index in [9.17, 15) is 4.79 Å². The molecule has 0 aromatic heterocycles. The van der Waals surface area contributed by atoms with Gasteiger partial charge in [-0.15, -0.1) is 0 Å². The normalized spacial score (nSPS) is 12.0. The number of carbonyl (C=O) groups is 1. The van der Waals surface area contributed by atoms with Crippen molar-refractivity contribution in [2.45, 2.75) is 33.1 Å². The Hall–Kier alpha value is -0.930. The molecule has 5 heteroatoms. The number of halogens is 2. The minimum atomic E-state index is 0.0658. The Morgan fingerprint density at radius 3 is 2.80 bits per heavy atom. The highest BCUT2D eigenvalue weighted by Gasteiger charge is 2.05. The zero-order chi connectivity index (χ0) is 15.0. The fourth-order valence-corrected chi connectivity index (χ4v) is 1.99. The maximum atomic E-state index is 11.6. The van der Waals surface area contributed by atoms with Crippen molar-refractivity contribution in [3.8, 4) is 5.75 Å². The van der Waals surface area contributed by atoms with E-state index in [1.165, 1.54) is 0 Å². The molecule has 0 spiro atoms. The number of benzene rings is 1. The van der Waals surface area contributed by atoms with Crippen molar-refractivity contribution in [1.82, 2.24) is 5.32 Å². The van der Waals surface area contributed by atoms with Crippen molar-refractivity contribution in [1.29, 1.82) is 0 Å². The van der Waals surface area contributed by atoms with E-state index in [2.05, 4.69) is 19.2 Å². The van der Waals surface area contributed by atoms with Crippen LogP contribution in [0.4, 0.5) is 0 Å². The molecule has 1 aromatic carbocycles. The smallest absolute Gasteiger partial charge is 0.220 e. The Labute approximate surface area is 130 Å². The molecule has 0 aliphatic heterocycles. The molecule has 112 valence electrons. The summed E-state index contributed by atoms with van der Waals surface area (Å²) in [5, 5.41) is 3.97. The molecule has 1 atom stereocenters. The molecular weight excluding hydrogens is 297 g/mol. The highest BCUT2D eigenvalue weighted by atomic mass is 35.5. The standard InChI is InChI=1S/C15H21Cl2NO2/c1-3-11(2)10-18-15(19)5-4-8-20-14-7-6-12(16)9-13(14)17/h6-7,9,11H,3-5,8,10H2,1-2H3,(H,18,19)/t11-/m0/s1. The fourth-order valence-electron chi connectivity index (χ4n) is 1.53. The number of rotatable bonds is 8. The average Bonchev–Trinajstić information content (AvgIpc) is 2.42. The van der Waals surface area contributed by atoms with Gasteiger partial charge in [-0.05, 0) is 30.5 Å². The molecule has 0 bridgehead atoms. The molecule has 3 nitrogen and oxygen atoms in total. The molecule has 0 fully saturated rings. The lowest BCUT2D eigenvalue weighted by molar-refractivity contribution is -0.121. The van der Waals surface area contributed by atoms with Crippen LogP contribution in [0.5, 0.6) is 5.75 Å². The molecule has 1 amide bonds. The van der Waals surface area contributed by atoms with Crippen LogP contribution in [0.1, 0.15) is 33.1 Å². The summed E-state index contributed by atoms with van der Waals surface area (Å²) in [6, 6.07) is 5.09. The number of amides is 1. The first kappa shape index (κ1) is 17.1. The first-order valence-corrected chi connectivity index (χ1v) is 7.63. The third-order valence-electron chi connectivity index (χ3n) is 3.04. The van der Waals surface area contributed by atoms with Crippen LogP contribution in [-0.4, -0.2) is 19.1 Å². The minimum Gasteiger partial charge on any atom is -0.492 e. The fraction of sp³-hybridized carbons (Fsp3) is 0.533. The van der Waals surface area contributed by atoms with Gasteiger partial charge in [0, 0.05) is 18.0 Å². The molecule has 0 aliphatic rings. The van der Waals surface area contributed by atoms with Crippen molar-refractivity contribution < 1.29 is 9.53 Å². The minimum absolute atomic E-state index is 0.0658. The van der Waals surface area contributed by atoms with Gasteiger partial charge in [0.15, 0.2) is 0 Å². The number of carbonyl (C=O) groups excluding carboxylic acids is 1. The summed E-state index contributed by atoms with van der Waals surface area (Å²) in [6.45, 7) is 5.42. The van der Waals surface area contributed by atoms with Crippen LogP contribution in [0, 0.1) is 5.92 Å². The molecule has 0 unspecified atom stereocenters. The van der Waals surface area contributed by atoms with E-state index in [4.69, 9.17) is 27.9 Å². The SMILES string of the molecule is CC[C@H](C)CNC(=O)CCCOc1ccc(Cl)cc1Cl. The molecule has 1 rings (SSSR count). The van der Waals surface area contributed by atoms with Gasteiger partial charge in [0.2, 0.25) is 5.91 Å². The Kier molecular flexibility index (Phi) is 7.78. The maximum absolute atomic E-state index is 11.6. The topological polar surface area (TPSA) is 38.3 Å². The van der Waals surface area contributed by atoms with Crippen molar-refractivity contribution in [3.05, 3.63) is 28.2 Å². The zero-order valence-corrected chi connectivity index (χ0v) is 13.4. The zero-order valence-electron chi connectivity index (χ0n) is 11.9. The van der Waals surface area contributed by atoms with Crippen LogP contribution in [0.2, 0.25) is 10.0 Å². The van der Waals surface area contributed by atoms with Crippen molar-refractivity contribution >= 4 is 29.1 Å². The third kappa shape index (κ3) is 6.49. The number of ether oxygens (including phenoxy) is 1. The van der Waals surface area contributed by atoms with Crippen LogP contribution in [-0.2, 0) is 4.79 Å². The predicted molar refractivity (Wildman–Crippen MR) is 83.7 cm³/mol. The second kappa shape index (κ2) is 9.09. The van der Waals surface area contributed by atoms with Gasteiger partial charge in [0.25, 0.3) is 0 Å². The largest absolute Gasteiger partial charge is 0.492 e. The highest BCUT2D eigenvalue weighted by Crippen LogP contribution is 2.27. The van der Waals surface area contributed by atoms with Gasteiger partial charge in [-0.3, -0.25) is 4.79 Å². The number of hydrogen-bond donors (Lipinski definition) is 1. The third-order valence-corrected chi connectivity index (χ3v) is 3.57. The molecule has 0 saturated carbocycles. The molecule has 0 heterocycles. The molecule has 0 saturated heterocycles.